The lowest BCUT2D eigenvalue weighted by Crippen LogP contribution is -2.46. The summed E-state index contributed by atoms with van der Waals surface area (Å²) in [5.41, 5.74) is 1.09. The Balaban J connectivity index is 1.79. The number of nitrogens with one attached hydrogen (secondary N) is 1. The molecule has 2 amide bonds. The first-order valence-electron chi connectivity index (χ1n) is 7.02. The first kappa shape index (κ1) is 15.2. The maximum absolute atomic E-state index is 12.0. The molecular formula is C15H20N2O4. The first-order chi connectivity index (χ1) is 10.1. The molecule has 1 aliphatic rings. The molecule has 0 unspecified atom stereocenters. The van der Waals surface area contributed by atoms with Gasteiger partial charge in [-0.25, -0.2) is 9.59 Å². The Hall–Kier alpha value is -2.24. The summed E-state index contributed by atoms with van der Waals surface area (Å²) < 4.78 is 5.08. The highest BCUT2D eigenvalue weighted by atomic mass is 16.5. The van der Waals surface area contributed by atoms with Crippen LogP contribution < -0.4 is 10.1 Å². The number of aliphatic carboxylic acids is 1. The number of nitrogens with zero attached hydrogens (tertiary/aromatic N) is 1. The first-order valence-corrected chi connectivity index (χ1v) is 7.02. The molecule has 114 valence electrons. The van der Waals surface area contributed by atoms with Crippen molar-refractivity contribution in [2.45, 2.75) is 25.3 Å². The number of likely N-dealkylation sites (tertiary alicyclic amines) is 1. The molecule has 0 aromatic heterocycles. The van der Waals surface area contributed by atoms with Gasteiger partial charge in [0.05, 0.1) is 7.11 Å². The standard InChI is InChI=1S/C15H20N2O4/c1-21-12-6-4-11(5-7-12)8-9-16-15(20)17-10-2-3-13(17)14(18)19/h4-7,13H,2-3,8-10H2,1H3,(H,16,20)(H,18,19)/t13-/m0/s1. The van der Waals surface area contributed by atoms with Crippen LogP contribution >= 0.6 is 0 Å². The molecular weight excluding hydrogens is 272 g/mol. The van der Waals surface area contributed by atoms with Gasteiger partial charge in [0, 0.05) is 13.1 Å². The van der Waals surface area contributed by atoms with Crippen LogP contribution in [-0.2, 0) is 11.2 Å². The van der Waals surface area contributed by atoms with Crippen molar-refractivity contribution in [3.05, 3.63) is 29.8 Å². The molecule has 6 nitrogen and oxygen atoms in total. The molecule has 1 heterocycles. The van der Waals surface area contributed by atoms with Crippen LogP contribution in [0.4, 0.5) is 4.79 Å². The number of hydrogen-bond acceptors (Lipinski definition) is 3. The van der Waals surface area contributed by atoms with E-state index in [2.05, 4.69) is 5.32 Å². The Morgan fingerprint density at radius 2 is 2.10 bits per heavy atom. The number of hydrogen-bond donors (Lipinski definition) is 2. The Labute approximate surface area is 123 Å². The van der Waals surface area contributed by atoms with E-state index in [1.807, 2.05) is 24.3 Å². The maximum atomic E-state index is 12.0. The zero-order valence-electron chi connectivity index (χ0n) is 12.0. The van der Waals surface area contributed by atoms with Crippen molar-refractivity contribution in [3.8, 4) is 5.75 Å². The molecule has 0 spiro atoms. The van der Waals surface area contributed by atoms with Crippen molar-refractivity contribution in [3.63, 3.8) is 0 Å². The molecule has 1 fully saturated rings. The van der Waals surface area contributed by atoms with Crippen molar-refractivity contribution >= 4 is 12.0 Å². The SMILES string of the molecule is COc1ccc(CCNC(=O)N2CCC[C@H]2C(=O)O)cc1. The lowest BCUT2D eigenvalue weighted by Gasteiger charge is -2.21. The fraction of sp³-hybridized carbons (Fsp3) is 0.467. The Bertz CT molecular complexity index is 501. The van der Waals surface area contributed by atoms with Gasteiger partial charge < -0.3 is 20.1 Å². The lowest BCUT2D eigenvalue weighted by molar-refractivity contribution is -0.141. The zero-order valence-corrected chi connectivity index (χ0v) is 12.0. The van der Waals surface area contributed by atoms with Gasteiger partial charge in [0.1, 0.15) is 11.8 Å². The highest BCUT2D eigenvalue weighted by molar-refractivity contribution is 5.83. The van der Waals surface area contributed by atoms with Crippen molar-refractivity contribution in [2.24, 2.45) is 0 Å². The highest BCUT2D eigenvalue weighted by Crippen LogP contribution is 2.17. The molecule has 2 rings (SSSR count). The van der Waals surface area contributed by atoms with Gasteiger partial charge in [-0.15, -0.1) is 0 Å². The maximum Gasteiger partial charge on any atom is 0.326 e. The summed E-state index contributed by atoms with van der Waals surface area (Å²) >= 11 is 0. The second-order valence-electron chi connectivity index (χ2n) is 5.02. The van der Waals surface area contributed by atoms with Gasteiger partial charge in [0.2, 0.25) is 0 Å². The van der Waals surface area contributed by atoms with Gasteiger partial charge in [-0.05, 0) is 37.0 Å². The highest BCUT2D eigenvalue weighted by Gasteiger charge is 2.33. The number of amides is 2. The zero-order chi connectivity index (χ0) is 15.2. The number of carboxylic acids is 1. The van der Waals surface area contributed by atoms with E-state index in [1.165, 1.54) is 4.90 Å². The predicted molar refractivity (Wildman–Crippen MR) is 77.5 cm³/mol. The van der Waals surface area contributed by atoms with Crippen LogP contribution in [0.1, 0.15) is 18.4 Å². The Kier molecular flexibility index (Phi) is 5.03. The third kappa shape index (κ3) is 3.87. The topological polar surface area (TPSA) is 78.9 Å². The van der Waals surface area contributed by atoms with Crippen LogP contribution in [0.15, 0.2) is 24.3 Å². The number of benzene rings is 1. The summed E-state index contributed by atoms with van der Waals surface area (Å²) in [6, 6.07) is 6.65. The van der Waals surface area contributed by atoms with Crippen LogP contribution in [0.3, 0.4) is 0 Å². The van der Waals surface area contributed by atoms with E-state index in [1.54, 1.807) is 7.11 Å². The molecule has 6 heteroatoms. The molecule has 1 atom stereocenters. The molecule has 1 aromatic carbocycles. The number of methoxy groups -OCH3 is 1. The largest absolute Gasteiger partial charge is 0.497 e. The smallest absolute Gasteiger partial charge is 0.326 e. The number of carbonyl (C=O) groups is 2. The third-order valence-corrected chi connectivity index (χ3v) is 3.65. The van der Waals surface area contributed by atoms with Gasteiger partial charge in [0.25, 0.3) is 0 Å². The number of urea groups is 1. The molecule has 2 N–H and O–H groups in total. The number of rotatable bonds is 5. The van der Waals surface area contributed by atoms with Crippen LogP contribution in [0, 0.1) is 0 Å². The summed E-state index contributed by atoms with van der Waals surface area (Å²) in [4.78, 5) is 24.4. The van der Waals surface area contributed by atoms with Crippen molar-refractivity contribution in [1.29, 1.82) is 0 Å². The average Bonchev–Trinajstić information content (AvgIpc) is 2.97. The van der Waals surface area contributed by atoms with E-state index in [4.69, 9.17) is 9.84 Å². The van der Waals surface area contributed by atoms with Gasteiger partial charge in [-0.2, -0.15) is 0 Å². The molecule has 21 heavy (non-hydrogen) atoms. The molecule has 0 saturated carbocycles. The van der Waals surface area contributed by atoms with Gasteiger partial charge in [-0.1, -0.05) is 12.1 Å². The van der Waals surface area contributed by atoms with E-state index >= 15 is 0 Å². The van der Waals surface area contributed by atoms with Gasteiger partial charge >= 0.3 is 12.0 Å². The van der Waals surface area contributed by atoms with Crippen LogP contribution in [-0.4, -0.2) is 48.2 Å². The monoisotopic (exact) mass is 292 g/mol. The molecule has 1 saturated heterocycles. The minimum absolute atomic E-state index is 0.298. The molecule has 0 radical (unpaired) electrons. The van der Waals surface area contributed by atoms with Gasteiger partial charge in [-0.3, -0.25) is 0 Å². The van der Waals surface area contributed by atoms with E-state index < -0.39 is 12.0 Å². The van der Waals surface area contributed by atoms with E-state index in [0.29, 0.717) is 25.9 Å². The quantitative estimate of drug-likeness (QED) is 0.862. The summed E-state index contributed by atoms with van der Waals surface area (Å²) in [5, 5.41) is 11.8. The summed E-state index contributed by atoms with van der Waals surface area (Å²) in [6.45, 7) is 0.985. The number of carbonyl (C=O) groups excluding carboxylic acids is 1. The van der Waals surface area contributed by atoms with Crippen molar-refractivity contribution in [1.82, 2.24) is 10.2 Å². The molecule has 1 aliphatic heterocycles. The van der Waals surface area contributed by atoms with Gasteiger partial charge in [0.15, 0.2) is 0 Å². The fourth-order valence-electron chi connectivity index (χ4n) is 2.47. The van der Waals surface area contributed by atoms with E-state index in [9.17, 15) is 9.59 Å². The average molecular weight is 292 g/mol. The normalized spacial score (nSPS) is 17.6. The third-order valence-electron chi connectivity index (χ3n) is 3.65. The molecule has 0 aliphatic carbocycles. The van der Waals surface area contributed by atoms with Crippen LogP contribution in [0.25, 0.3) is 0 Å². The number of ether oxygens (including phenoxy) is 1. The minimum Gasteiger partial charge on any atom is -0.497 e. The summed E-state index contributed by atoms with van der Waals surface area (Å²) in [7, 11) is 1.62. The molecule has 0 bridgehead atoms. The Morgan fingerprint density at radius 1 is 1.38 bits per heavy atom. The van der Waals surface area contributed by atoms with Crippen molar-refractivity contribution < 1.29 is 19.4 Å². The van der Waals surface area contributed by atoms with E-state index in [0.717, 1.165) is 17.7 Å². The Morgan fingerprint density at radius 3 is 2.71 bits per heavy atom. The second-order valence-corrected chi connectivity index (χ2v) is 5.02. The summed E-state index contributed by atoms with van der Waals surface area (Å²) in [5.74, 6) is -0.137. The summed E-state index contributed by atoms with van der Waals surface area (Å²) in [6.07, 6.45) is 1.96. The number of carboxylic acid groups (broad SMARTS) is 1. The fourth-order valence-corrected chi connectivity index (χ4v) is 2.47. The minimum atomic E-state index is -0.933. The van der Waals surface area contributed by atoms with E-state index in [-0.39, 0.29) is 6.03 Å². The second kappa shape index (κ2) is 6.97. The lowest BCUT2D eigenvalue weighted by atomic mass is 10.1. The molecule has 1 aromatic rings. The van der Waals surface area contributed by atoms with Crippen LogP contribution in [0.5, 0.6) is 5.75 Å². The predicted octanol–water partition coefficient (Wildman–Crippen LogP) is 1.50. The van der Waals surface area contributed by atoms with Crippen LogP contribution in [0.2, 0.25) is 0 Å². The van der Waals surface area contributed by atoms with Crippen molar-refractivity contribution in [2.75, 3.05) is 20.2 Å².